The summed E-state index contributed by atoms with van der Waals surface area (Å²) in [4.78, 5) is 5.16. The molecule has 0 aromatic carbocycles. The quantitative estimate of drug-likeness (QED) is 0.842. The second kappa shape index (κ2) is 6.21. The SMILES string of the molecule is CNCc1cc(S(=O)(=O)Nc2cncc(C)c2)c(Br)s1. The predicted molar refractivity (Wildman–Crippen MR) is 84.6 cm³/mol. The number of hydrogen-bond acceptors (Lipinski definition) is 5. The van der Waals surface area contributed by atoms with E-state index in [4.69, 9.17) is 0 Å². The van der Waals surface area contributed by atoms with Crippen LogP contribution in [0.25, 0.3) is 0 Å². The molecule has 0 saturated heterocycles. The highest BCUT2D eigenvalue weighted by atomic mass is 79.9. The number of halogens is 1. The summed E-state index contributed by atoms with van der Waals surface area (Å²) in [6.07, 6.45) is 3.16. The Morgan fingerprint density at radius 1 is 1.35 bits per heavy atom. The van der Waals surface area contributed by atoms with Crippen molar-refractivity contribution in [1.82, 2.24) is 10.3 Å². The van der Waals surface area contributed by atoms with Crippen molar-refractivity contribution in [3.63, 3.8) is 0 Å². The minimum Gasteiger partial charge on any atom is -0.315 e. The fourth-order valence-electron chi connectivity index (χ4n) is 1.66. The van der Waals surface area contributed by atoms with Gasteiger partial charge < -0.3 is 5.32 Å². The lowest BCUT2D eigenvalue weighted by Gasteiger charge is -2.07. The van der Waals surface area contributed by atoms with Gasteiger partial charge in [-0.2, -0.15) is 0 Å². The summed E-state index contributed by atoms with van der Waals surface area (Å²) in [6.45, 7) is 2.49. The zero-order chi connectivity index (χ0) is 14.8. The van der Waals surface area contributed by atoms with Gasteiger partial charge in [0.1, 0.15) is 4.90 Å². The normalized spacial score (nSPS) is 11.6. The number of hydrogen-bond donors (Lipinski definition) is 2. The van der Waals surface area contributed by atoms with Gasteiger partial charge in [-0.1, -0.05) is 0 Å². The van der Waals surface area contributed by atoms with Crippen LogP contribution >= 0.6 is 27.3 Å². The molecule has 108 valence electrons. The van der Waals surface area contributed by atoms with Gasteiger partial charge in [-0.3, -0.25) is 9.71 Å². The molecule has 0 fully saturated rings. The van der Waals surface area contributed by atoms with Crippen molar-refractivity contribution in [2.24, 2.45) is 0 Å². The van der Waals surface area contributed by atoms with Crippen LogP contribution in [0.2, 0.25) is 0 Å². The molecular weight excluding hydrogens is 362 g/mol. The highest BCUT2D eigenvalue weighted by Crippen LogP contribution is 2.32. The first-order valence-electron chi connectivity index (χ1n) is 5.79. The number of aryl methyl sites for hydroxylation is 1. The number of sulfonamides is 1. The van der Waals surface area contributed by atoms with E-state index in [1.165, 1.54) is 17.5 Å². The Bertz CT molecular complexity index is 713. The Balaban J connectivity index is 2.30. The van der Waals surface area contributed by atoms with Crippen LogP contribution in [0.3, 0.4) is 0 Å². The van der Waals surface area contributed by atoms with E-state index in [1.807, 2.05) is 14.0 Å². The zero-order valence-corrected chi connectivity index (χ0v) is 14.2. The van der Waals surface area contributed by atoms with E-state index in [0.717, 1.165) is 10.4 Å². The van der Waals surface area contributed by atoms with Crippen molar-refractivity contribution in [2.75, 3.05) is 11.8 Å². The smallest absolute Gasteiger partial charge is 0.263 e. The first-order valence-corrected chi connectivity index (χ1v) is 8.89. The largest absolute Gasteiger partial charge is 0.315 e. The molecular formula is C12H14BrN3O2S2. The number of thiophene rings is 1. The second-order valence-corrected chi connectivity index (χ2v) is 8.34. The highest BCUT2D eigenvalue weighted by molar-refractivity contribution is 9.11. The summed E-state index contributed by atoms with van der Waals surface area (Å²) in [7, 11) is -1.79. The standard InChI is InChI=1S/C12H14BrN3O2S2/c1-8-3-9(6-15-5-8)16-20(17,18)11-4-10(7-14-2)19-12(11)13/h3-6,14,16H,7H2,1-2H3. The third kappa shape index (κ3) is 3.57. The minimum atomic E-state index is -3.61. The summed E-state index contributed by atoms with van der Waals surface area (Å²) in [5.74, 6) is 0. The Morgan fingerprint density at radius 2 is 2.10 bits per heavy atom. The van der Waals surface area contributed by atoms with Crippen molar-refractivity contribution in [1.29, 1.82) is 0 Å². The molecule has 0 bridgehead atoms. The fourth-order valence-corrected chi connectivity index (χ4v) is 5.39. The molecule has 2 aromatic rings. The van der Waals surface area contributed by atoms with Gasteiger partial charge in [0.2, 0.25) is 0 Å². The number of aromatic nitrogens is 1. The average molecular weight is 376 g/mol. The first kappa shape index (κ1) is 15.4. The van der Waals surface area contributed by atoms with Crippen LogP contribution in [-0.2, 0) is 16.6 Å². The summed E-state index contributed by atoms with van der Waals surface area (Å²) in [5.41, 5.74) is 1.35. The summed E-state index contributed by atoms with van der Waals surface area (Å²) < 4.78 is 27.9. The molecule has 0 atom stereocenters. The molecule has 20 heavy (non-hydrogen) atoms. The molecule has 0 unspecified atom stereocenters. The molecule has 0 spiro atoms. The number of nitrogens with one attached hydrogen (secondary N) is 2. The molecule has 0 aliphatic rings. The summed E-state index contributed by atoms with van der Waals surface area (Å²) in [6, 6.07) is 3.40. The Kier molecular flexibility index (Phi) is 4.79. The maximum Gasteiger partial charge on any atom is 0.263 e. The molecule has 2 rings (SSSR count). The van der Waals surface area contributed by atoms with Gasteiger partial charge in [-0.15, -0.1) is 11.3 Å². The van der Waals surface area contributed by atoms with E-state index in [0.29, 0.717) is 16.0 Å². The Labute approximate surface area is 130 Å². The van der Waals surface area contributed by atoms with Gasteiger partial charge >= 0.3 is 0 Å². The van der Waals surface area contributed by atoms with E-state index in [-0.39, 0.29) is 4.90 Å². The van der Waals surface area contributed by atoms with Gasteiger partial charge in [0.05, 0.1) is 15.7 Å². The highest BCUT2D eigenvalue weighted by Gasteiger charge is 2.21. The molecule has 2 aromatic heterocycles. The average Bonchev–Trinajstić information content (AvgIpc) is 2.71. The van der Waals surface area contributed by atoms with Crippen molar-refractivity contribution < 1.29 is 8.42 Å². The van der Waals surface area contributed by atoms with Crippen LogP contribution in [0, 0.1) is 6.92 Å². The molecule has 2 heterocycles. The van der Waals surface area contributed by atoms with Gasteiger partial charge in [0.15, 0.2) is 0 Å². The summed E-state index contributed by atoms with van der Waals surface area (Å²) in [5, 5.41) is 3.00. The van der Waals surface area contributed by atoms with Crippen molar-refractivity contribution >= 4 is 43.0 Å². The number of rotatable bonds is 5. The molecule has 8 heteroatoms. The maximum atomic E-state index is 12.4. The number of nitrogens with zero attached hydrogens (tertiary/aromatic N) is 1. The van der Waals surface area contributed by atoms with Gasteiger partial charge in [-0.25, -0.2) is 8.42 Å². The monoisotopic (exact) mass is 375 g/mol. The topological polar surface area (TPSA) is 71.1 Å². The molecule has 0 aliphatic heterocycles. The minimum absolute atomic E-state index is 0.245. The maximum absolute atomic E-state index is 12.4. The molecule has 2 N–H and O–H groups in total. The van der Waals surface area contributed by atoms with Crippen LogP contribution in [0.15, 0.2) is 33.2 Å². The van der Waals surface area contributed by atoms with Crippen molar-refractivity contribution in [2.45, 2.75) is 18.4 Å². The Morgan fingerprint density at radius 3 is 2.75 bits per heavy atom. The van der Waals surface area contributed by atoms with Gasteiger partial charge in [0, 0.05) is 17.6 Å². The number of anilines is 1. The van der Waals surface area contributed by atoms with Crippen LogP contribution in [0.5, 0.6) is 0 Å². The van der Waals surface area contributed by atoms with Crippen molar-refractivity contribution in [3.8, 4) is 0 Å². The molecule has 0 radical (unpaired) electrons. The Hall–Kier alpha value is -0.960. The first-order chi connectivity index (χ1) is 9.42. The van der Waals surface area contributed by atoms with Gasteiger partial charge in [0.25, 0.3) is 10.0 Å². The lowest BCUT2D eigenvalue weighted by molar-refractivity contribution is 0.601. The van der Waals surface area contributed by atoms with Gasteiger partial charge in [-0.05, 0) is 47.6 Å². The predicted octanol–water partition coefficient (Wildman–Crippen LogP) is 2.73. The lowest BCUT2D eigenvalue weighted by Crippen LogP contribution is -2.13. The number of pyridine rings is 1. The van der Waals surface area contributed by atoms with Crippen molar-refractivity contribution in [3.05, 3.63) is 38.8 Å². The van der Waals surface area contributed by atoms with Crippen LogP contribution < -0.4 is 10.0 Å². The fraction of sp³-hybridized carbons (Fsp3) is 0.250. The molecule has 0 aliphatic carbocycles. The zero-order valence-electron chi connectivity index (χ0n) is 11.0. The van der Waals surface area contributed by atoms with E-state index in [9.17, 15) is 8.42 Å². The van der Waals surface area contributed by atoms with E-state index in [1.54, 1.807) is 18.3 Å². The van der Waals surface area contributed by atoms with Crippen LogP contribution in [0.4, 0.5) is 5.69 Å². The van der Waals surface area contributed by atoms with Crippen LogP contribution in [0.1, 0.15) is 10.4 Å². The molecule has 5 nitrogen and oxygen atoms in total. The van der Waals surface area contributed by atoms with E-state index in [2.05, 4.69) is 31.0 Å². The van der Waals surface area contributed by atoms with E-state index >= 15 is 0 Å². The molecule has 0 amide bonds. The third-order valence-corrected chi connectivity index (χ3v) is 6.11. The third-order valence-electron chi connectivity index (χ3n) is 2.47. The lowest BCUT2D eigenvalue weighted by atomic mass is 10.3. The van der Waals surface area contributed by atoms with E-state index < -0.39 is 10.0 Å². The summed E-state index contributed by atoms with van der Waals surface area (Å²) >= 11 is 4.71. The second-order valence-electron chi connectivity index (χ2n) is 4.24. The molecule has 0 saturated carbocycles. The van der Waals surface area contributed by atoms with Crippen LogP contribution in [-0.4, -0.2) is 20.4 Å².